The molecular formula is C24H24F2N2O4. The summed E-state index contributed by atoms with van der Waals surface area (Å²) in [5.41, 5.74) is 0.926. The van der Waals surface area contributed by atoms with E-state index in [-0.39, 0.29) is 34.7 Å². The van der Waals surface area contributed by atoms with Crippen molar-refractivity contribution in [3.05, 3.63) is 70.9 Å². The number of aliphatic hydroxyl groups excluding tert-OH is 1. The summed E-state index contributed by atoms with van der Waals surface area (Å²) in [6, 6.07) is 8.07. The second kappa shape index (κ2) is 9.08. The molecule has 0 spiro atoms. The Morgan fingerprint density at radius 3 is 2.66 bits per heavy atom. The largest absolute Gasteiger partial charge is 0.465 e. The highest BCUT2D eigenvalue weighted by atomic mass is 19.1. The number of carbonyl (C=O) groups is 2. The first-order valence-electron chi connectivity index (χ1n) is 10.5. The smallest absolute Gasteiger partial charge is 0.337 e. The molecule has 0 aliphatic heterocycles. The number of amides is 1. The number of ether oxygens (including phenoxy) is 1. The molecule has 0 bridgehead atoms. The number of hydrogen-bond donors (Lipinski definition) is 2. The molecule has 6 nitrogen and oxygen atoms in total. The molecule has 1 saturated carbocycles. The Kier molecular flexibility index (Phi) is 6.23. The van der Waals surface area contributed by atoms with Gasteiger partial charge < -0.3 is 19.7 Å². The molecule has 1 amide bonds. The summed E-state index contributed by atoms with van der Waals surface area (Å²) < 4.78 is 35.5. The molecule has 2 atom stereocenters. The van der Waals surface area contributed by atoms with Crippen LogP contribution in [-0.4, -0.2) is 40.8 Å². The Morgan fingerprint density at radius 2 is 1.94 bits per heavy atom. The quantitative estimate of drug-likeness (QED) is 0.590. The average molecular weight is 442 g/mol. The summed E-state index contributed by atoms with van der Waals surface area (Å²) in [6.45, 7) is 0.0343. The number of methoxy groups -OCH3 is 1. The highest BCUT2D eigenvalue weighted by molar-refractivity contribution is 6.07. The van der Waals surface area contributed by atoms with E-state index in [1.54, 1.807) is 10.6 Å². The number of carbonyl (C=O) groups excluding carboxylic acids is 2. The summed E-state index contributed by atoms with van der Waals surface area (Å²) in [7, 11) is 1.22. The Hall–Kier alpha value is -3.26. The maximum Gasteiger partial charge on any atom is 0.337 e. The molecule has 2 unspecified atom stereocenters. The lowest BCUT2D eigenvalue weighted by atomic mass is 9.92. The standard InChI is InChI=1S/C24H24F2N2O4/c1-32-24(31)14-9-10-15(18(26)11-14)12-28-13-16(22-17(25)5-4-7-20(22)28)23(30)27-19-6-2-3-8-21(19)29/h4-5,7,9-11,13,19,21,29H,2-3,6,8,12H2,1H3,(H,27,30). The first kappa shape index (κ1) is 22.0. The van der Waals surface area contributed by atoms with Gasteiger partial charge in [0.1, 0.15) is 11.6 Å². The van der Waals surface area contributed by atoms with Gasteiger partial charge in [-0.2, -0.15) is 0 Å². The Bertz CT molecular complexity index is 1170. The summed E-state index contributed by atoms with van der Waals surface area (Å²) in [5.74, 6) is -2.29. The van der Waals surface area contributed by atoms with Crippen LogP contribution in [0.5, 0.6) is 0 Å². The van der Waals surface area contributed by atoms with Crippen LogP contribution >= 0.6 is 0 Å². The SMILES string of the molecule is COC(=O)c1ccc(Cn2cc(C(=O)NC3CCCCC3O)c3c(F)cccc32)c(F)c1. The number of fused-ring (bicyclic) bond motifs is 1. The van der Waals surface area contributed by atoms with E-state index < -0.39 is 29.6 Å². The zero-order chi connectivity index (χ0) is 22.8. The fourth-order valence-corrected chi connectivity index (χ4v) is 4.24. The molecule has 0 saturated heterocycles. The Morgan fingerprint density at radius 1 is 1.16 bits per heavy atom. The molecule has 4 rings (SSSR count). The van der Waals surface area contributed by atoms with Gasteiger partial charge >= 0.3 is 5.97 Å². The number of halogens is 2. The lowest BCUT2D eigenvalue weighted by molar-refractivity contribution is 0.0600. The van der Waals surface area contributed by atoms with Gasteiger partial charge in [0, 0.05) is 17.1 Å². The predicted molar refractivity (Wildman–Crippen MR) is 114 cm³/mol. The van der Waals surface area contributed by atoms with Crippen molar-refractivity contribution in [2.45, 2.75) is 44.4 Å². The Balaban J connectivity index is 1.67. The van der Waals surface area contributed by atoms with E-state index in [2.05, 4.69) is 10.1 Å². The molecule has 8 heteroatoms. The molecule has 1 aromatic heterocycles. The van der Waals surface area contributed by atoms with E-state index in [0.29, 0.717) is 18.4 Å². The van der Waals surface area contributed by atoms with Gasteiger partial charge in [0.25, 0.3) is 5.91 Å². The zero-order valence-corrected chi connectivity index (χ0v) is 17.6. The second-order valence-electron chi connectivity index (χ2n) is 8.03. The molecular weight excluding hydrogens is 418 g/mol. The lowest BCUT2D eigenvalue weighted by Crippen LogP contribution is -2.45. The van der Waals surface area contributed by atoms with Gasteiger partial charge in [-0.3, -0.25) is 4.79 Å². The van der Waals surface area contributed by atoms with E-state index in [1.165, 1.54) is 37.6 Å². The number of nitrogens with one attached hydrogen (secondary N) is 1. The van der Waals surface area contributed by atoms with E-state index in [4.69, 9.17) is 0 Å². The van der Waals surface area contributed by atoms with Gasteiger partial charge in [0.05, 0.1) is 42.4 Å². The number of benzene rings is 2. The van der Waals surface area contributed by atoms with Crippen molar-refractivity contribution in [2.75, 3.05) is 7.11 Å². The van der Waals surface area contributed by atoms with Crippen molar-refractivity contribution in [2.24, 2.45) is 0 Å². The van der Waals surface area contributed by atoms with Crippen LogP contribution in [0.25, 0.3) is 10.9 Å². The van der Waals surface area contributed by atoms with Gasteiger partial charge in [-0.1, -0.05) is 25.0 Å². The summed E-state index contributed by atoms with van der Waals surface area (Å²) >= 11 is 0. The highest BCUT2D eigenvalue weighted by Crippen LogP contribution is 2.27. The first-order chi connectivity index (χ1) is 15.4. The van der Waals surface area contributed by atoms with Gasteiger partial charge in [-0.15, -0.1) is 0 Å². The first-order valence-corrected chi connectivity index (χ1v) is 10.5. The fraction of sp³-hybridized carbons (Fsp3) is 0.333. The van der Waals surface area contributed by atoms with E-state index in [1.807, 2.05) is 0 Å². The van der Waals surface area contributed by atoms with Gasteiger partial charge in [0.2, 0.25) is 0 Å². The minimum absolute atomic E-state index is 0.0343. The minimum Gasteiger partial charge on any atom is -0.465 e. The van der Waals surface area contributed by atoms with Crippen molar-refractivity contribution in [3.63, 3.8) is 0 Å². The molecule has 1 aliphatic carbocycles. The number of nitrogens with zero attached hydrogens (tertiary/aromatic N) is 1. The van der Waals surface area contributed by atoms with Gasteiger partial charge in [-0.25, -0.2) is 13.6 Å². The average Bonchev–Trinajstić information content (AvgIpc) is 3.16. The van der Waals surface area contributed by atoms with Crippen molar-refractivity contribution >= 4 is 22.8 Å². The molecule has 32 heavy (non-hydrogen) atoms. The summed E-state index contributed by atoms with van der Waals surface area (Å²) in [4.78, 5) is 24.6. The van der Waals surface area contributed by atoms with Crippen LogP contribution in [-0.2, 0) is 11.3 Å². The molecule has 1 aliphatic rings. The van der Waals surface area contributed by atoms with Gasteiger partial charge in [-0.05, 0) is 37.1 Å². The van der Waals surface area contributed by atoms with Crippen LogP contribution in [0.2, 0.25) is 0 Å². The molecule has 168 valence electrons. The molecule has 0 radical (unpaired) electrons. The van der Waals surface area contributed by atoms with Crippen LogP contribution in [0.15, 0.2) is 42.6 Å². The Labute approximate surface area is 183 Å². The highest BCUT2D eigenvalue weighted by Gasteiger charge is 2.27. The third-order valence-electron chi connectivity index (χ3n) is 5.96. The van der Waals surface area contributed by atoms with Crippen LogP contribution in [0, 0.1) is 11.6 Å². The number of rotatable bonds is 5. The predicted octanol–water partition coefficient (Wildman–Crippen LogP) is 3.79. The monoisotopic (exact) mass is 442 g/mol. The normalized spacial score (nSPS) is 18.5. The van der Waals surface area contributed by atoms with Crippen molar-refractivity contribution in [1.29, 1.82) is 0 Å². The zero-order valence-electron chi connectivity index (χ0n) is 17.6. The van der Waals surface area contributed by atoms with Gasteiger partial charge in [0.15, 0.2) is 0 Å². The third kappa shape index (κ3) is 4.23. The molecule has 3 aromatic rings. The van der Waals surface area contributed by atoms with Crippen LogP contribution in [0.1, 0.15) is 52.0 Å². The molecule has 2 aromatic carbocycles. The van der Waals surface area contributed by atoms with Crippen LogP contribution < -0.4 is 5.32 Å². The summed E-state index contributed by atoms with van der Waals surface area (Å²) in [5, 5.41) is 13.1. The lowest BCUT2D eigenvalue weighted by Gasteiger charge is -2.28. The minimum atomic E-state index is -0.646. The van der Waals surface area contributed by atoms with E-state index in [0.717, 1.165) is 18.9 Å². The number of aliphatic hydroxyl groups is 1. The topological polar surface area (TPSA) is 80.6 Å². The number of esters is 1. The van der Waals surface area contributed by atoms with E-state index in [9.17, 15) is 23.5 Å². The van der Waals surface area contributed by atoms with Crippen LogP contribution in [0.4, 0.5) is 8.78 Å². The van der Waals surface area contributed by atoms with Crippen LogP contribution in [0.3, 0.4) is 0 Å². The maximum absolute atomic E-state index is 14.7. The fourth-order valence-electron chi connectivity index (χ4n) is 4.24. The molecule has 1 fully saturated rings. The number of aromatic nitrogens is 1. The maximum atomic E-state index is 14.7. The van der Waals surface area contributed by atoms with Crippen molar-refractivity contribution in [3.8, 4) is 0 Å². The summed E-state index contributed by atoms with van der Waals surface area (Å²) in [6.07, 6.45) is 3.94. The molecule has 1 heterocycles. The van der Waals surface area contributed by atoms with E-state index >= 15 is 0 Å². The molecule has 2 N–H and O–H groups in total. The van der Waals surface area contributed by atoms with Crippen molar-refractivity contribution < 1.29 is 28.2 Å². The third-order valence-corrected chi connectivity index (χ3v) is 5.96. The second-order valence-corrected chi connectivity index (χ2v) is 8.03. The van der Waals surface area contributed by atoms with Crippen molar-refractivity contribution in [1.82, 2.24) is 9.88 Å². The number of hydrogen-bond acceptors (Lipinski definition) is 4.